The second-order valence-electron chi connectivity index (χ2n) is 6.57. The highest BCUT2D eigenvalue weighted by atomic mass is 19.1. The van der Waals surface area contributed by atoms with Crippen LogP contribution in [0.15, 0.2) is 47.3 Å². The van der Waals surface area contributed by atoms with E-state index < -0.39 is 0 Å². The lowest BCUT2D eigenvalue weighted by atomic mass is 10.0. The number of halogens is 1. The molecule has 3 rings (SSSR count). The summed E-state index contributed by atoms with van der Waals surface area (Å²) in [5.41, 5.74) is 4.29. The molecule has 0 aliphatic carbocycles. The molecule has 1 heterocycles. The number of carbonyl (C=O) groups excluding carboxylic acids is 1. The zero-order valence-electron chi connectivity index (χ0n) is 14.9. The van der Waals surface area contributed by atoms with Crippen molar-refractivity contribution in [2.24, 2.45) is 0 Å². The minimum atomic E-state index is -0.324. The van der Waals surface area contributed by atoms with Crippen LogP contribution in [0.2, 0.25) is 0 Å². The van der Waals surface area contributed by atoms with Gasteiger partial charge in [0.2, 0.25) is 5.91 Å². The van der Waals surface area contributed by atoms with Gasteiger partial charge >= 0.3 is 0 Å². The number of benzene rings is 2. The number of rotatable bonds is 5. The molecular weight excluding hydrogens is 331 g/mol. The van der Waals surface area contributed by atoms with E-state index in [9.17, 15) is 14.0 Å². The molecule has 0 spiro atoms. The summed E-state index contributed by atoms with van der Waals surface area (Å²) < 4.78 is 12.9. The van der Waals surface area contributed by atoms with Gasteiger partial charge < -0.3 is 10.3 Å². The zero-order chi connectivity index (χ0) is 18.7. The molecule has 0 aliphatic rings. The molecule has 0 fully saturated rings. The fourth-order valence-electron chi connectivity index (χ4n) is 3.10. The highest BCUT2D eigenvalue weighted by molar-refractivity contribution is 5.83. The molecule has 0 bridgehead atoms. The number of hydrogen-bond acceptors (Lipinski definition) is 2. The third kappa shape index (κ3) is 4.17. The van der Waals surface area contributed by atoms with Gasteiger partial charge in [0.25, 0.3) is 5.56 Å². The third-order valence-corrected chi connectivity index (χ3v) is 4.36. The van der Waals surface area contributed by atoms with Gasteiger partial charge in [-0.1, -0.05) is 23.8 Å². The first-order valence-electron chi connectivity index (χ1n) is 8.56. The number of pyridine rings is 1. The van der Waals surface area contributed by atoms with Gasteiger partial charge in [0.15, 0.2) is 0 Å². The average Bonchev–Trinajstić information content (AvgIpc) is 2.58. The fraction of sp³-hybridized carbons (Fsp3) is 0.238. The Hall–Kier alpha value is -2.95. The van der Waals surface area contributed by atoms with Crippen molar-refractivity contribution < 1.29 is 9.18 Å². The molecule has 4 nitrogen and oxygen atoms in total. The van der Waals surface area contributed by atoms with Gasteiger partial charge in [0, 0.05) is 12.1 Å². The first-order chi connectivity index (χ1) is 12.4. The lowest BCUT2D eigenvalue weighted by molar-refractivity contribution is -0.120. The number of aromatic amines is 1. The first-order valence-corrected chi connectivity index (χ1v) is 8.56. The molecule has 0 aliphatic heterocycles. The van der Waals surface area contributed by atoms with Crippen molar-refractivity contribution in [1.82, 2.24) is 10.3 Å². The van der Waals surface area contributed by atoms with Gasteiger partial charge in [-0.15, -0.1) is 0 Å². The lowest BCUT2D eigenvalue weighted by Gasteiger charge is -2.08. The maximum absolute atomic E-state index is 12.9. The number of aromatic nitrogens is 1. The largest absolute Gasteiger partial charge is 0.355 e. The van der Waals surface area contributed by atoms with Crippen LogP contribution in [-0.4, -0.2) is 17.4 Å². The Morgan fingerprint density at radius 1 is 1.12 bits per heavy atom. The maximum atomic E-state index is 12.9. The van der Waals surface area contributed by atoms with Crippen LogP contribution >= 0.6 is 0 Å². The minimum absolute atomic E-state index is 0.128. The number of hydrogen-bond donors (Lipinski definition) is 2. The smallest absolute Gasteiger partial charge is 0.251 e. The summed E-state index contributed by atoms with van der Waals surface area (Å²) in [6.45, 7) is 4.37. The second kappa shape index (κ2) is 7.52. The third-order valence-electron chi connectivity index (χ3n) is 4.36. The van der Waals surface area contributed by atoms with Gasteiger partial charge in [-0.05, 0) is 61.0 Å². The van der Waals surface area contributed by atoms with E-state index in [1.54, 1.807) is 12.1 Å². The molecule has 0 saturated heterocycles. The van der Waals surface area contributed by atoms with Crippen molar-refractivity contribution >= 4 is 16.8 Å². The first kappa shape index (κ1) is 17.9. The molecular formula is C21H21FN2O2. The molecule has 5 heteroatoms. The number of carbonyl (C=O) groups is 1. The molecule has 134 valence electrons. The van der Waals surface area contributed by atoms with Crippen LogP contribution < -0.4 is 10.9 Å². The predicted octanol–water partition coefficient (Wildman–Crippen LogP) is 3.19. The topological polar surface area (TPSA) is 62.0 Å². The minimum Gasteiger partial charge on any atom is -0.355 e. The predicted molar refractivity (Wildman–Crippen MR) is 101 cm³/mol. The van der Waals surface area contributed by atoms with Crippen LogP contribution in [0.3, 0.4) is 0 Å². The molecule has 0 radical (unpaired) electrons. The van der Waals surface area contributed by atoms with Crippen LogP contribution in [0.4, 0.5) is 4.39 Å². The summed E-state index contributed by atoms with van der Waals surface area (Å²) in [6.07, 6.45) is 0.639. The summed E-state index contributed by atoms with van der Waals surface area (Å²) >= 11 is 0. The zero-order valence-corrected chi connectivity index (χ0v) is 14.9. The molecule has 0 saturated carbocycles. The van der Waals surface area contributed by atoms with E-state index in [4.69, 9.17) is 0 Å². The summed E-state index contributed by atoms with van der Waals surface area (Å²) in [4.78, 5) is 27.2. The van der Waals surface area contributed by atoms with Gasteiger partial charge in [0.1, 0.15) is 5.82 Å². The van der Waals surface area contributed by atoms with E-state index in [0.29, 0.717) is 18.5 Å². The highest BCUT2D eigenvalue weighted by Crippen LogP contribution is 2.18. The van der Waals surface area contributed by atoms with Crippen molar-refractivity contribution in [2.45, 2.75) is 26.7 Å². The van der Waals surface area contributed by atoms with Crippen molar-refractivity contribution in [3.63, 3.8) is 0 Å². The van der Waals surface area contributed by atoms with Crippen LogP contribution in [0.5, 0.6) is 0 Å². The summed E-state index contributed by atoms with van der Waals surface area (Å²) in [5, 5.41) is 3.80. The van der Waals surface area contributed by atoms with E-state index in [1.807, 2.05) is 32.0 Å². The summed E-state index contributed by atoms with van der Waals surface area (Å²) in [7, 11) is 0. The Morgan fingerprint density at radius 3 is 2.58 bits per heavy atom. The molecule has 3 aromatic rings. The Kier molecular flexibility index (Phi) is 5.16. The van der Waals surface area contributed by atoms with Crippen molar-refractivity contribution in [3.05, 3.63) is 80.9 Å². The standard InChI is InChI=1S/C21H21FN2O2/c1-13-9-14(2)20-17(10-13)12-16(21(26)24-20)7-8-23-19(25)11-15-3-5-18(22)6-4-15/h3-6,9-10,12H,7-8,11H2,1-2H3,(H,23,25)(H,24,26). The SMILES string of the molecule is Cc1cc(C)c2[nH]c(=O)c(CCNC(=O)Cc3ccc(F)cc3)cc2c1. The van der Waals surface area contributed by atoms with Crippen LogP contribution in [0.1, 0.15) is 22.3 Å². The van der Waals surface area contributed by atoms with E-state index in [0.717, 1.165) is 27.6 Å². The number of fused-ring (bicyclic) bond motifs is 1. The summed E-state index contributed by atoms with van der Waals surface area (Å²) in [5.74, 6) is -0.476. The number of amides is 1. The average molecular weight is 352 g/mol. The Labute approximate surface area is 151 Å². The van der Waals surface area contributed by atoms with E-state index in [-0.39, 0.29) is 23.7 Å². The molecule has 0 unspecified atom stereocenters. The molecule has 1 amide bonds. The van der Waals surface area contributed by atoms with Crippen molar-refractivity contribution in [2.75, 3.05) is 6.54 Å². The summed E-state index contributed by atoms with van der Waals surface area (Å²) in [6, 6.07) is 11.8. The normalized spacial score (nSPS) is 10.9. The Balaban J connectivity index is 1.64. The van der Waals surface area contributed by atoms with E-state index >= 15 is 0 Å². The Morgan fingerprint density at radius 2 is 1.85 bits per heavy atom. The maximum Gasteiger partial charge on any atom is 0.251 e. The molecule has 1 aromatic heterocycles. The molecule has 0 atom stereocenters. The van der Waals surface area contributed by atoms with Gasteiger partial charge in [-0.2, -0.15) is 0 Å². The highest BCUT2D eigenvalue weighted by Gasteiger charge is 2.07. The second-order valence-corrected chi connectivity index (χ2v) is 6.57. The number of aryl methyl sites for hydroxylation is 2. The quantitative estimate of drug-likeness (QED) is 0.741. The van der Waals surface area contributed by atoms with E-state index in [2.05, 4.69) is 10.3 Å². The van der Waals surface area contributed by atoms with Crippen LogP contribution in [0.25, 0.3) is 10.9 Å². The van der Waals surface area contributed by atoms with E-state index in [1.165, 1.54) is 12.1 Å². The van der Waals surface area contributed by atoms with Crippen molar-refractivity contribution in [3.8, 4) is 0 Å². The monoisotopic (exact) mass is 352 g/mol. The lowest BCUT2D eigenvalue weighted by Crippen LogP contribution is -2.28. The Bertz CT molecular complexity index is 1010. The number of nitrogens with one attached hydrogen (secondary N) is 2. The van der Waals surface area contributed by atoms with Gasteiger partial charge in [-0.25, -0.2) is 4.39 Å². The molecule has 26 heavy (non-hydrogen) atoms. The fourth-order valence-corrected chi connectivity index (χ4v) is 3.10. The van der Waals surface area contributed by atoms with Gasteiger partial charge in [-0.3, -0.25) is 9.59 Å². The number of H-pyrrole nitrogens is 1. The van der Waals surface area contributed by atoms with Crippen LogP contribution in [0, 0.1) is 19.7 Å². The van der Waals surface area contributed by atoms with Crippen molar-refractivity contribution in [1.29, 1.82) is 0 Å². The molecule has 2 N–H and O–H groups in total. The van der Waals surface area contributed by atoms with Crippen LogP contribution in [-0.2, 0) is 17.6 Å². The molecule has 2 aromatic carbocycles. The van der Waals surface area contributed by atoms with Gasteiger partial charge in [0.05, 0.1) is 11.9 Å².